The minimum atomic E-state index is -0.0622. The molecule has 6 heteroatoms. The Kier molecular flexibility index (Phi) is 6.34. The van der Waals surface area contributed by atoms with Crippen molar-refractivity contribution in [2.45, 2.75) is 45.6 Å². The maximum Gasteiger partial charge on any atom is 0.239 e. The summed E-state index contributed by atoms with van der Waals surface area (Å²) in [6.45, 7) is 10.5. The summed E-state index contributed by atoms with van der Waals surface area (Å²) >= 11 is 0. The molecule has 6 nitrogen and oxygen atoms in total. The van der Waals surface area contributed by atoms with Crippen molar-refractivity contribution in [2.75, 3.05) is 52.5 Å². The predicted octanol–water partition coefficient (Wildman–Crippen LogP) is 1.20. The number of rotatable bonds is 3. The molecule has 1 atom stereocenters. The fourth-order valence-electron chi connectivity index (χ4n) is 4.23. The van der Waals surface area contributed by atoms with Crippen molar-refractivity contribution in [3.63, 3.8) is 0 Å². The Hall–Kier alpha value is -1.14. The van der Waals surface area contributed by atoms with Crippen LogP contribution in [0.5, 0.6) is 0 Å². The first-order chi connectivity index (χ1) is 12.1. The van der Waals surface area contributed by atoms with E-state index in [1.54, 1.807) is 0 Å². The largest absolute Gasteiger partial charge is 0.378 e. The number of piperidine rings is 2. The first-order valence-electron chi connectivity index (χ1n) is 9.95. The van der Waals surface area contributed by atoms with Gasteiger partial charge in [-0.3, -0.25) is 14.5 Å². The Morgan fingerprint density at radius 2 is 1.48 bits per heavy atom. The molecule has 0 spiro atoms. The van der Waals surface area contributed by atoms with E-state index in [1.165, 1.54) is 0 Å². The van der Waals surface area contributed by atoms with Crippen LogP contribution in [0.15, 0.2) is 0 Å². The molecule has 3 heterocycles. The molecule has 0 aromatic heterocycles. The summed E-state index contributed by atoms with van der Waals surface area (Å²) in [6.07, 6.45) is 3.97. The monoisotopic (exact) mass is 351 g/mol. The van der Waals surface area contributed by atoms with E-state index in [4.69, 9.17) is 4.74 Å². The second-order valence-corrected chi connectivity index (χ2v) is 7.93. The van der Waals surface area contributed by atoms with Gasteiger partial charge in [-0.2, -0.15) is 0 Å². The number of amides is 2. The summed E-state index contributed by atoms with van der Waals surface area (Å²) in [5.74, 6) is 1.41. The third-order valence-electron chi connectivity index (χ3n) is 6.20. The highest BCUT2D eigenvalue weighted by atomic mass is 16.5. The molecule has 25 heavy (non-hydrogen) atoms. The standard InChI is InChI=1S/C19H33N3O3/c1-15-3-7-21(8-4-15)18(23)16(2)20-9-5-17(6-10-20)19(24)22-11-13-25-14-12-22/h15-17H,3-14H2,1-2H3/t16-/m0/s1. The van der Waals surface area contributed by atoms with Gasteiger partial charge in [0, 0.05) is 32.1 Å². The van der Waals surface area contributed by atoms with Crippen LogP contribution in [0.3, 0.4) is 0 Å². The van der Waals surface area contributed by atoms with Crippen LogP contribution in [-0.2, 0) is 14.3 Å². The van der Waals surface area contributed by atoms with Crippen LogP contribution in [0.2, 0.25) is 0 Å². The molecule has 3 aliphatic rings. The lowest BCUT2D eigenvalue weighted by Gasteiger charge is -2.39. The molecule has 3 fully saturated rings. The Morgan fingerprint density at radius 3 is 2.08 bits per heavy atom. The van der Waals surface area contributed by atoms with Gasteiger partial charge < -0.3 is 14.5 Å². The van der Waals surface area contributed by atoms with Crippen LogP contribution >= 0.6 is 0 Å². The topological polar surface area (TPSA) is 53.1 Å². The van der Waals surface area contributed by atoms with Gasteiger partial charge in [0.25, 0.3) is 0 Å². The third-order valence-corrected chi connectivity index (χ3v) is 6.20. The minimum absolute atomic E-state index is 0.0622. The number of carbonyl (C=O) groups excluding carboxylic acids is 2. The predicted molar refractivity (Wildman–Crippen MR) is 96.1 cm³/mol. The van der Waals surface area contributed by atoms with Crippen molar-refractivity contribution in [3.05, 3.63) is 0 Å². The Balaban J connectivity index is 1.46. The van der Waals surface area contributed by atoms with Gasteiger partial charge in [-0.25, -0.2) is 0 Å². The second kappa shape index (κ2) is 8.49. The van der Waals surface area contributed by atoms with E-state index >= 15 is 0 Å². The minimum Gasteiger partial charge on any atom is -0.378 e. The molecule has 142 valence electrons. The summed E-state index contributed by atoms with van der Waals surface area (Å²) in [7, 11) is 0. The van der Waals surface area contributed by atoms with E-state index in [0.717, 1.165) is 70.9 Å². The molecule has 0 aromatic carbocycles. The molecule has 3 rings (SSSR count). The SMILES string of the molecule is CC1CCN(C(=O)[C@H](C)N2CCC(C(=O)N3CCOCC3)CC2)CC1. The Labute approximate surface area is 151 Å². The van der Waals surface area contributed by atoms with Gasteiger partial charge in [-0.15, -0.1) is 0 Å². The number of nitrogens with zero attached hydrogens (tertiary/aromatic N) is 3. The zero-order chi connectivity index (χ0) is 17.8. The van der Waals surface area contributed by atoms with E-state index in [9.17, 15) is 9.59 Å². The van der Waals surface area contributed by atoms with Gasteiger partial charge in [0.1, 0.15) is 0 Å². The van der Waals surface area contributed by atoms with E-state index in [1.807, 2.05) is 16.7 Å². The molecule has 0 unspecified atom stereocenters. The van der Waals surface area contributed by atoms with Crippen molar-refractivity contribution in [1.82, 2.24) is 14.7 Å². The molecule has 3 saturated heterocycles. The lowest BCUT2D eigenvalue weighted by Crippen LogP contribution is -2.53. The summed E-state index contributed by atoms with van der Waals surface area (Å²) in [5.41, 5.74) is 0. The summed E-state index contributed by atoms with van der Waals surface area (Å²) in [5, 5.41) is 0. The molecule has 0 N–H and O–H groups in total. The molecule has 3 aliphatic heterocycles. The van der Waals surface area contributed by atoms with Crippen LogP contribution in [0.25, 0.3) is 0 Å². The molecule has 0 aliphatic carbocycles. The second-order valence-electron chi connectivity index (χ2n) is 7.93. The maximum absolute atomic E-state index is 12.8. The Morgan fingerprint density at radius 1 is 0.880 bits per heavy atom. The molecule has 0 aromatic rings. The molecule has 0 saturated carbocycles. The van der Waals surface area contributed by atoms with E-state index in [0.29, 0.717) is 13.2 Å². The lowest BCUT2D eigenvalue weighted by atomic mass is 9.93. The van der Waals surface area contributed by atoms with Crippen molar-refractivity contribution in [2.24, 2.45) is 11.8 Å². The molecular formula is C19H33N3O3. The average molecular weight is 351 g/mol. The van der Waals surface area contributed by atoms with Crippen LogP contribution in [0.4, 0.5) is 0 Å². The van der Waals surface area contributed by atoms with Crippen LogP contribution < -0.4 is 0 Å². The normalized spacial score (nSPS) is 25.8. The van der Waals surface area contributed by atoms with E-state index in [-0.39, 0.29) is 23.8 Å². The average Bonchev–Trinajstić information content (AvgIpc) is 2.67. The lowest BCUT2D eigenvalue weighted by molar-refractivity contribution is -0.142. The van der Waals surface area contributed by atoms with Crippen LogP contribution in [0.1, 0.15) is 39.5 Å². The van der Waals surface area contributed by atoms with E-state index in [2.05, 4.69) is 11.8 Å². The number of carbonyl (C=O) groups is 2. The molecular weight excluding hydrogens is 318 g/mol. The highest BCUT2D eigenvalue weighted by Gasteiger charge is 2.34. The van der Waals surface area contributed by atoms with Crippen molar-refractivity contribution >= 4 is 11.8 Å². The first kappa shape index (κ1) is 18.6. The zero-order valence-corrected chi connectivity index (χ0v) is 15.8. The van der Waals surface area contributed by atoms with Crippen molar-refractivity contribution in [3.8, 4) is 0 Å². The first-order valence-corrected chi connectivity index (χ1v) is 9.95. The molecule has 0 bridgehead atoms. The number of hydrogen-bond acceptors (Lipinski definition) is 4. The van der Waals surface area contributed by atoms with Gasteiger partial charge >= 0.3 is 0 Å². The highest BCUT2D eigenvalue weighted by Crippen LogP contribution is 2.23. The fraction of sp³-hybridized carbons (Fsp3) is 0.895. The fourth-order valence-corrected chi connectivity index (χ4v) is 4.23. The van der Waals surface area contributed by atoms with Crippen molar-refractivity contribution < 1.29 is 14.3 Å². The molecule has 0 radical (unpaired) electrons. The van der Waals surface area contributed by atoms with Gasteiger partial charge in [0.05, 0.1) is 19.3 Å². The van der Waals surface area contributed by atoms with Gasteiger partial charge in [0.2, 0.25) is 11.8 Å². The number of hydrogen-bond donors (Lipinski definition) is 0. The van der Waals surface area contributed by atoms with Crippen LogP contribution in [0, 0.1) is 11.8 Å². The van der Waals surface area contributed by atoms with E-state index < -0.39 is 0 Å². The van der Waals surface area contributed by atoms with Gasteiger partial charge in [-0.05, 0) is 51.6 Å². The quantitative estimate of drug-likeness (QED) is 0.767. The van der Waals surface area contributed by atoms with Crippen LogP contribution in [-0.4, -0.2) is 85.0 Å². The van der Waals surface area contributed by atoms with Crippen molar-refractivity contribution in [1.29, 1.82) is 0 Å². The summed E-state index contributed by atoms with van der Waals surface area (Å²) in [4.78, 5) is 31.6. The maximum atomic E-state index is 12.8. The summed E-state index contributed by atoms with van der Waals surface area (Å²) in [6, 6.07) is -0.0622. The number of morpholine rings is 1. The van der Waals surface area contributed by atoms with Gasteiger partial charge in [0.15, 0.2) is 0 Å². The number of ether oxygens (including phenoxy) is 1. The number of likely N-dealkylation sites (tertiary alicyclic amines) is 2. The molecule has 2 amide bonds. The highest BCUT2D eigenvalue weighted by molar-refractivity contribution is 5.82. The van der Waals surface area contributed by atoms with Gasteiger partial charge in [-0.1, -0.05) is 6.92 Å². The third kappa shape index (κ3) is 4.53. The Bertz CT molecular complexity index is 463. The smallest absolute Gasteiger partial charge is 0.239 e. The summed E-state index contributed by atoms with van der Waals surface area (Å²) < 4.78 is 5.33. The zero-order valence-electron chi connectivity index (χ0n) is 15.8.